The lowest BCUT2D eigenvalue weighted by Crippen LogP contribution is -1.85. The van der Waals surface area contributed by atoms with Gasteiger partial charge in [0.05, 0.1) is 0 Å². The molecule has 0 N–H and O–H groups in total. The summed E-state index contributed by atoms with van der Waals surface area (Å²) in [6, 6.07) is 0. The summed E-state index contributed by atoms with van der Waals surface area (Å²) in [7, 11) is 5.65. The number of allylic oxidation sites excluding steroid dienone is 5. The minimum absolute atomic E-state index is 0.750. The van der Waals surface area contributed by atoms with Gasteiger partial charge in [-0.1, -0.05) is 43.6 Å². The van der Waals surface area contributed by atoms with Crippen LogP contribution in [0.25, 0.3) is 0 Å². The summed E-state index contributed by atoms with van der Waals surface area (Å²) in [5, 5.41) is 0. The molecular formula is C11H17B. The van der Waals surface area contributed by atoms with Crippen molar-refractivity contribution in [2.45, 2.75) is 33.6 Å². The zero-order chi connectivity index (χ0) is 9.56. The summed E-state index contributed by atoms with van der Waals surface area (Å²) in [5.74, 6) is 0. The van der Waals surface area contributed by atoms with E-state index in [0.29, 0.717) is 0 Å². The van der Waals surface area contributed by atoms with Crippen LogP contribution in [0.15, 0.2) is 35.3 Å². The fourth-order valence-electron chi connectivity index (χ4n) is 1.01. The maximum absolute atomic E-state index is 5.65. The Morgan fingerprint density at radius 3 is 2.25 bits per heavy atom. The van der Waals surface area contributed by atoms with Crippen LogP contribution in [0, 0.1) is 0 Å². The van der Waals surface area contributed by atoms with Crippen LogP contribution in [0.1, 0.15) is 33.6 Å². The summed E-state index contributed by atoms with van der Waals surface area (Å²) in [5.41, 5.74) is 3.48. The molecule has 0 rings (SSSR count). The Morgan fingerprint density at radius 2 is 1.92 bits per heavy atom. The SMILES string of the molecule is [B]/C(C=C)=C/C(CC)=C(\C)CC. The molecular weight excluding hydrogens is 143 g/mol. The third kappa shape index (κ3) is 3.61. The highest BCUT2D eigenvalue weighted by Gasteiger charge is 1.94. The molecule has 0 spiro atoms. The Bertz CT molecular complexity index is 209. The van der Waals surface area contributed by atoms with Gasteiger partial charge in [-0.15, -0.1) is 0 Å². The van der Waals surface area contributed by atoms with Crippen molar-refractivity contribution >= 4 is 7.85 Å². The van der Waals surface area contributed by atoms with Gasteiger partial charge in [0.1, 0.15) is 7.85 Å². The topological polar surface area (TPSA) is 0 Å². The molecule has 0 aromatic rings. The van der Waals surface area contributed by atoms with E-state index in [4.69, 9.17) is 7.85 Å². The first-order valence-electron chi connectivity index (χ1n) is 4.43. The smallest absolute Gasteiger partial charge is 0.0997 e. The Labute approximate surface area is 77.5 Å². The Balaban J connectivity index is 4.68. The van der Waals surface area contributed by atoms with Gasteiger partial charge in [0.25, 0.3) is 0 Å². The Kier molecular flexibility index (Phi) is 5.52. The van der Waals surface area contributed by atoms with Gasteiger partial charge in [-0.3, -0.25) is 0 Å². The van der Waals surface area contributed by atoms with E-state index >= 15 is 0 Å². The molecule has 64 valence electrons. The molecule has 0 unspecified atom stereocenters. The van der Waals surface area contributed by atoms with Crippen LogP contribution >= 0.6 is 0 Å². The molecule has 0 aromatic carbocycles. The van der Waals surface area contributed by atoms with Crippen LogP contribution in [0.2, 0.25) is 0 Å². The van der Waals surface area contributed by atoms with Crippen molar-refractivity contribution in [3.8, 4) is 0 Å². The van der Waals surface area contributed by atoms with E-state index < -0.39 is 0 Å². The summed E-state index contributed by atoms with van der Waals surface area (Å²) < 4.78 is 0. The number of rotatable bonds is 4. The molecule has 0 saturated carbocycles. The summed E-state index contributed by atoms with van der Waals surface area (Å²) in [6.07, 6.45) is 5.81. The summed E-state index contributed by atoms with van der Waals surface area (Å²) in [6.45, 7) is 10.1. The van der Waals surface area contributed by atoms with Crippen LogP contribution in [0.4, 0.5) is 0 Å². The molecule has 0 aliphatic carbocycles. The van der Waals surface area contributed by atoms with E-state index in [1.165, 1.54) is 11.1 Å². The zero-order valence-electron chi connectivity index (χ0n) is 8.35. The highest BCUT2D eigenvalue weighted by atomic mass is 14.0. The second-order valence-electron chi connectivity index (χ2n) is 2.86. The van der Waals surface area contributed by atoms with Crippen LogP contribution in [0.3, 0.4) is 0 Å². The van der Waals surface area contributed by atoms with Gasteiger partial charge in [0, 0.05) is 0 Å². The zero-order valence-corrected chi connectivity index (χ0v) is 8.35. The van der Waals surface area contributed by atoms with Crippen molar-refractivity contribution < 1.29 is 0 Å². The van der Waals surface area contributed by atoms with Crippen molar-refractivity contribution in [2.24, 2.45) is 0 Å². The van der Waals surface area contributed by atoms with Crippen LogP contribution in [-0.4, -0.2) is 7.85 Å². The number of hydrogen-bond acceptors (Lipinski definition) is 0. The molecule has 0 aromatic heterocycles. The largest absolute Gasteiger partial charge is 0.113 e. The average Bonchev–Trinajstić information content (AvgIpc) is 2.12. The summed E-state index contributed by atoms with van der Waals surface area (Å²) >= 11 is 0. The quantitative estimate of drug-likeness (QED) is 0.437. The van der Waals surface area contributed by atoms with E-state index in [-0.39, 0.29) is 0 Å². The van der Waals surface area contributed by atoms with Crippen molar-refractivity contribution in [3.63, 3.8) is 0 Å². The third-order valence-electron chi connectivity index (χ3n) is 2.04. The molecule has 0 aliphatic rings. The van der Waals surface area contributed by atoms with E-state index in [1.807, 2.05) is 6.08 Å². The monoisotopic (exact) mass is 160 g/mol. The van der Waals surface area contributed by atoms with Crippen LogP contribution in [0.5, 0.6) is 0 Å². The maximum Gasteiger partial charge on any atom is 0.113 e. The normalized spacial score (nSPS) is 14.1. The van der Waals surface area contributed by atoms with Crippen molar-refractivity contribution in [1.29, 1.82) is 0 Å². The highest BCUT2D eigenvalue weighted by Crippen LogP contribution is 2.14. The highest BCUT2D eigenvalue weighted by molar-refractivity contribution is 6.23. The lowest BCUT2D eigenvalue weighted by Gasteiger charge is -2.04. The molecule has 0 atom stereocenters. The van der Waals surface area contributed by atoms with E-state index in [2.05, 4.69) is 27.4 Å². The Hall–Kier alpha value is -0.715. The second-order valence-corrected chi connectivity index (χ2v) is 2.86. The van der Waals surface area contributed by atoms with Gasteiger partial charge in [-0.2, -0.15) is 0 Å². The molecule has 0 saturated heterocycles. The molecule has 0 heterocycles. The molecule has 0 aliphatic heterocycles. The van der Waals surface area contributed by atoms with Gasteiger partial charge < -0.3 is 0 Å². The predicted molar refractivity (Wildman–Crippen MR) is 57.3 cm³/mol. The first-order chi connectivity index (χ1) is 5.65. The minimum atomic E-state index is 0.750. The first kappa shape index (κ1) is 11.3. The fraction of sp³-hybridized carbons (Fsp3) is 0.455. The van der Waals surface area contributed by atoms with Crippen LogP contribution < -0.4 is 0 Å². The predicted octanol–water partition coefficient (Wildman–Crippen LogP) is 3.36. The van der Waals surface area contributed by atoms with E-state index in [1.54, 1.807) is 6.08 Å². The average molecular weight is 160 g/mol. The van der Waals surface area contributed by atoms with Crippen molar-refractivity contribution in [1.82, 2.24) is 0 Å². The molecule has 0 fully saturated rings. The second kappa shape index (κ2) is 5.88. The molecule has 0 amide bonds. The van der Waals surface area contributed by atoms with Crippen molar-refractivity contribution in [2.75, 3.05) is 0 Å². The fourth-order valence-corrected chi connectivity index (χ4v) is 1.01. The lowest BCUT2D eigenvalue weighted by atomic mass is 9.91. The Morgan fingerprint density at radius 1 is 1.33 bits per heavy atom. The van der Waals surface area contributed by atoms with E-state index in [0.717, 1.165) is 18.3 Å². The molecule has 1 heteroatoms. The van der Waals surface area contributed by atoms with Gasteiger partial charge in [0.15, 0.2) is 0 Å². The van der Waals surface area contributed by atoms with Crippen molar-refractivity contribution in [3.05, 3.63) is 35.3 Å². The van der Waals surface area contributed by atoms with Gasteiger partial charge in [-0.25, -0.2) is 0 Å². The molecule has 0 nitrogen and oxygen atoms in total. The minimum Gasteiger partial charge on any atom is -0.0997 e. The molecule has 2 radical (unpaired) electrons. The molecule has 12 heavy (non-hydrogen) atoms. The third-order valence-corrected chi connectivity index (χ3v) is 2.04. The number of hydrogen-bond donors (Lipinski definition) is 0. The van der Waals surface area contributed by atoms with Gasteiger partial charge in [-0.05, 0) is 25.3 Å². The van der Waals surface area contributed by atoms with E-state index in [9.17, 15) is 0 Å². The lowest BCUT2D eigenvalue weighted by molar-refractivity contribution is 1.01. The summed E-state index contributed by atoms with van der Waals surface area (Å²) in [4.78, 5) is 0. The standard InChI is InChI=1S/C11H17B/c1-5-9(4)10(6-2)8-11(12)7-3/h7-8H,3,5-6H2,1-2,4H3/b10-9+,11-8+. The maximum atomic E-state index is 5.65. The first-order valence-corrected chi connectivity index (χ1v) is 4.43. The van der Waals surface area contributed by atoms with Gasteiger partial charge >= 0.3 is 0 Å². The van der Waals surface area contributed by atoms with Gasteiger partial charge in [0.2, 0.25) is 0 Å². The van der Waals surface area contributed by atoms with Crippen LogP contribution in [-0.2, 0) is 0 Å². The molecule has 0 bridgehead atoms.